The molecule has 1 heterocycles. The van der Waals surface area contributed by atoms with Crippen LogP contribution in [0.15, 0.2) is 53.6 Å². The van der Waals surface area contributed by atoms with Crippen molar-refractivity contribution in [1.29, 1.82) is 0 Å². The molecule has 2 aliphatic rings. The fourth-order valence-electron chi connectivity index (χ4n) is 4.33. The first kappa shape index (κ1) is 19.8. The third-order valence-electron chi connectivity index (χ3n) is 6.08. The van der Waals surface area contributed by atoms with Crippen LogP contribution in [0, 0.1) is 0 Å². The highest BCUT2D eigenvalue weighted by molar-refractivity contribution is 5.95. The van der Waals surface area contributed by atoms with E-state index in [2.05, 4.69) is 51.8 Å². The molecule has 0 radical (unpaired) electrons. The number of hydrazone groups is 1. The Kier molecular flexibility index (Phi) is 6.73. The van der Waals surface area contributed by atoms with Gasteiger partial charge in [0.25, 0.3) is 5.91 Å². The van der Waals surface area contributed by atoms with Crippen molar-refractivity contribution < 1.29 is 4.79 Å². The second-order valence-electron chi connectivity index (χ2n) is 8.31. The molecule has 1 saturated carbocycles. The molecule has 2 aromatic rings. The maximum absolute atomic E-state index is 12.5. The van der Waals surface area contributed by atoms with Crippen LogP contribution in [0.1, 0.15) is 72.0 Å². The molecule has 4 nitrogen and oxygen atoms in total. The van der Waals surface area contributed by atoms with Crippen molar-refractivity contribution >= 4 is 11.6 Å². The van der Waals surface area contributed by atoms with E-state index < -0.39 is 0 Å². The first-order chi connectivity index (χ1) is 14.3. The minimum absolute atomic E-state index is 0.113. The number of fused-ring (bicyclic) bond motifs is 1. The standard InChI is InChI=1S/C25H31N3O/c29-25(27-26-24-10-4-2-1-3-5-11-24)22-14-12-20(13-15-22)18-28-17-16-21-8-6-7-9-23(21)19-28/h6-9,12-15H,1-5,10-11,16-19H2,(H,27,29). The Bertz CT molecular complexity index is 847. The Morgan fingerprint density at radius 1 is 0.862 bits per heavy atom. The highest BCUT2D eigenvalue weighted by Crippen LogP contribution is 2.20. The van der Waals surface area contributed by atoms with Crippen LogP contribution in [0.4, 0.5) is 0 Å². The maximum atomic E-state index is 12.5. The van der Waals surface area contributed by atoms with Crippen LogP contribution >= 0.6 is 0 Å². The quantitative estimate of drug-likeness (QED) is 0.742. The summed E-state index contributed by atoms with van der Waals surface area (Å²) in [6.07, 6.45) is 9.38. The summed E-state index contributed by atoms with van der Waals surface area (Å²) in [4.78, 5) is 14.9. The maximum Gasteiger partial charge on any atom is 0.271 e. The fourth-order valence-corrected chi connectivity index (χ4v) is 4.33. The Hall–Kier alpha value is -2.46. The first-order valence-corrected chi connectivity index (χ1v) is 11.0. The van der Waals surface area contributed by atoms with Crippen LogP contribution in [0.3, 0.4) is 0 Å². The Balaban J connectivity index is 1.31. The lowest BCUT2D eigenvalue weighted by atomic mass is 9.99. The van der Waals surface area contributed by atoms with Gasteiger partial charge in [-0.05, 0) is 60.9 Å². The van der Waals surface area contributed by atoms with E-state index in [4.69, 9.17) is 0 Å². The lowest BCUT2D eigenvalue weighted by molar-refractivity contribution is 0.0954. The fraction of sp³-hybridized carbons (Fsp3) is 0.440. The molecule has 1 N–H and O–H groups in total. The van der Waals surface area contributed by atoms with Crippen molar-refractivity contribution in [3.8, 4) is 0 Å². The van der Waals surface area contributed by atoms with E-state index in [-0.39, 0.29) is 5.91 Å². The second-order valence-corrected chi connectivity index (χ2v) is 8.31. The summed E-state index contributed by atoms with van der Waals surface area (Å²) in [6, 6.07) is 16.7. The monoisotopic (exact) mass is 389 g/mol. The lowest BCUT2D eigenvalue weighted by Gasteiger charge is -2.28. The molecule has 0 atom stereocenters. The molecule has 1 aliphatic carbocycles. The number of benzene rings is 2. The third-order valence-corrected chi connectivity index (χ3v) is 6.08. The largest absolute Gasteiger partial charge is 0.294 e. The average Bonchev–Trinajstić information content (AvgIpc) is 2.73. The molecule has 1 fully saturated rings. The minimum atomic E-state index is -0.113. The van der Waals surface area contributed by atoms with Gasteiger partial charge in [0.2, 0.25) is 0 Å². The van der Waals surface area contributed by atoms with Crippen LogP contribution in [0.2, 0.25) is 0 Å². The average molecular weight is 390 g/mol. The Morgan fingerprint density at radius 3 is 2.31 bits per heavy atom. The number of hydrogen-bond donors (Lipinski definition) is 1. The number of nitrogens with one attached hydrogen (secondary N) is 1. The first-order valence-electron chi connectivity index (χ1n) is 11.0. The molecule has 0 unspecified atom stereocenters. The number of carbonyl (C=O) groups is 1. The molecule has 0 aromatic heterocycles. The van der Waals surface area contributed by atoms with E-state index in [1.54, 1.807) is 0 Å². The third kappa shape index (κ3) is 5.54. The molecule has 4 rings (SSSR count). The Labute approximate surface area is 174 Å². The van der Waals surface area contributed by atoms with Gasteiger partial charge in [0.05, 0.1) is 0 Å². The van der Waals surface area contributed by atoms with Gasteiger partial charge in [-0.3, -0.25) is 9.69 Å². The van der Waals surface area contributed by atoms with E-state index >= 15 is 0 Å². The van der Waals surface area contributed by atoms with E-state index in [9.17, 15) is 4.79 Å². The lowest BCUT2D eigenvalue weighted by Crippen LogP contribution is -2.30. The molecule has 0 spiro atoms. The van der Waals surface area contributed by atoms with E-state index in [0.29, 0.717) is 5.56 Å². The highest BCUT2D eigenvalue weighted by Gasteiger charge is 2.16. The van der Waals surface area contributed by atoms with Crippen LogP contribution < -0.4 is 5.43 Å². The molecular formula is C25H31N3O. The molecule has 2 aromatic carbocycles. The molecular weight excluding hydrogens is 358 g/mol. The molecule has 152 valence electrons. The summed E-state index contributed by atoms with van der Waals surface area (Å²) in [6.45, 7) is 2.99. The summed E-state index contributed by atoms with van der Waals surface area (Å²) in [7, 11) is 0. The predicted octanol–water partition coefficient (Wildman–Crippen LogP) is 5.08. The van der Waals surface area contributed by atoms with Gasteiger partial charge in [0.1, 0.15) is 0 Å². The number of rotatable bonds is 4. The summed E-state index contributed by atoms with van der Waals surface area (Å²) in [5, 5.41) is 4.41. The van der Waals surface area contributed by atoms with Gasteiger partial charge in [0, 0.05) is 30.9 Å². The van der Waals surface area contributed by atoms with Crippen molar-refractivity contribution in [3.05, 3.63) is 70.8 Å². The highest BCUT2D eigenvalue weighted by atomic mass is 16.2. The number of amides is 1. The number of nitrogens with zero attached hydrogens (tertiary/aromatic N) is 2. The molecule has 0 bridgehead atoms. The van der Waals surface area contributed by atoms with E-state index in [1.165, 1.54) is 48.8 Å². The number of carbonyl (C=O) groups excluding carboxylic acids is 1. The summed E-state index contributed by atoms with van der Waals surface area (Å²) >= 11 is 0. The number of hydrogen-bond acceptors (Lipinski definition) is 3. The van der Waals surface area contributed by atoms with E-state index in [1.807, 2.05) is 12.1 Å². The summed E-state index contributed by atoms with van der Waals surface area (Å²) in [5.41, 5.74) is 8.73. The zero-order valence-corrected chi connectivity index (χ0v) is 17.2. The molecule has 1 aliphatic heterocycles. The zero-order chi connectivity index (χ0) is 19.9. The topological polar surface area (TPSA) is 44.7 Å². The summed E-state index contributed by atoms with van der Waals surface area (Å²) < 4.78 is 0. The van der Waals surface area contributed by atoms with Crippen molar-refractivity contribution in [1.82, 2.24) is 10.3 Å². The van der Waals surface area contributed by atoms with Crippen molar-refractivity contribution in [3.63, 3.8) is 0 Å². The SMILES string of the molecule is O=C(NN=C1CCCCCCC1)c1ccc(CN2CCc3ccccc3C2)cc1. The summed E-state index contributed by atoms with van der Waals surface area (Å²) in [5.74, 6) is -0.113. The van der Waals surface area contributed by atoms with Gasteiger partial charge in [-0.25, -0.2) is 5.43 Å². The van der Waals surface area contributed by atoms with Gasteiger partial charge in [-0.15, -0.1) is 0 Å². The molecule has 29 heavy (non-hydrogen) atoms. The van der Waals surface area contributed by atoms with Crippen molar-refractivity contribution in [2.75, 3.05) is 6.54 Å². The van der Waals surface area contributed by atoms with Gasteiger partial charge < -0.3 is 0 Å². The zero-order valence-electron chi connectivity index (χ0n) is 17.2. The normalized spacial score (nSPS) is 17.7. The molecule has 0 saturated heterocycles. The molecule has 4 heteroatoms. The van der Waals surface area contributed by atoms with Crippen LogP contribution in [-0.2, 0) is 19.5 Å². The Morgan fingerprint density at radius 2 is 1.55 bits per heavy atom. The van der Waals surface area contributed by atoms with Gasteiger partial charge in [0.15, 0.2) is 0 Å². The smallest absolute Gasteiger partial charge is 0.271 e. The minimum Gasteiger partial charge on any atom is -0.294 e. The van der Waals surface area contributed by atoms with Crippen LogP contribution in [0.5, 0.6) is 0 Å². The van der Waals surface area contributed by atoms with E-state index in [0.717, 1.165) is 44.6 Å². The van der Waals surface area contributed by atoms with Crippen LogP contribution in [0.25, 0.3) is 0 Å². The second kappa shape index (κ2) is 9.84. The predicted molar refractivity (Wildman–Crippen MR) is 118 cm³/mol. The van der Waals surface area contributed by atoms with Crippen molar-refractivity contribution in [2.45, 2.75) is 64.5 Å². The van der Waals surface area contributed by atoms with Gasteiger partial charge in [-0.1, -0.05) is 55.7 Å². The van der Waals surface area contributed by atoms with Gasteiger partial charge in [-0.2, -0.15) is 5.10 Å². The van der Waals surface area contributed by atoms with Gasteiger partial charge >= 0.3 is 0 Å². The van der Waals surface area contributed by atoms with Crippen molar-refractivity contribution in [2.24, 2.45) is 5.10 Å². The van der Waals surface area contributed by atoms with Crippen LogP contribution in [-0.4, -0.2) is 23.1 Å². The molecule has 1 amide bonds.